The number of Topliss-reactive ketones (excluding diaryl/α,β-unsaturated/α-hetero) is 1. The topological polar surface area (TPSA) is 30.0 Å². The summed E-state index contributed by atoms with van der Waals surface area (Å²) in [5.41, 5.74) is 2.23. The van der Waals surface area contributed by atoms with E-state index in [9.17, 15) is 4.79 Å². The van der Waals surface area contributed by atoms with E-state index in [4.69, 9.17) is 0 Å². The van der Waals surface area contributed by atoms with E-state index in [0.717, 1.165) is 39.3 Å². The van der Waals surface area contributed by atoms with E-state index >= 15 is 0 Å². The van der Waals surface area contributed by atoms with Crippen LogP contribution in [0.1, 0.15) is 38.8 Å². The second-order valence-corrected chi connectivity index (χ2v) is 6.37. The number of hydrogen-bond donors (Lipinski definition) is 0. The summed E-state index contributed by atoms with van der Waals surface area (Å²) in [4.78, 5) is 17.3. The first-order valence-electron chi connectivity index (χ1n) is 5.99. The van der Waals surface area contributed by atoms with Crippen molar-refractivity contribution in [1.29, 1.82) is 0 Å². The SMILES string of the molecule is O=C1CCCc2nc(Cc3ccccc3Br)sc21. The molecule has 0 spiro atoms. The molecule has 3 rings (SSSR count). The maximum atomic E-state index is 11.8. The Morgan fingerprint density at radius 3 is 2.89 bits per heavy atom. The first-order valence-corrected chi connectivity index (χ1v) is 7.60. The predicted molar refractivity (Wildman–Crippen MR) is 76.3 cm³/mol. The number of carbonyl (C=O) groups excluding carboxylic acids is 1. The third-order valence-corrected chi connectivity index (χ3v) is 5.02. The van der Waals surface area contributed by atoms with Crippen molar-refractivity contribution >= 4 is 33.0 Å². The van der Waals surface area contributed by atoms with Crippen molar-refractivity contribution in [2.75, 3.05) is 0 Å². The third-order valence-electron chi connectivity index (χ3n) is 3.11. The summed E-state index contributed by atoms with van der Waals surface area (Å²) in [5, 5.41) is 1.04. The van der Waals surface area contributed by atoms with Gasteiger partial charge in [-0.2, -0.15) is 0 Å². The zero-order chi connectivity index (χ0) is 12.5. The van der Waals surface area contributed by atoms with Crippen molar-refractivity contribution in [3.05, 3.63) is 49.9 Å². The average Bonchev–Trinajstić information content (AvgIpc) is 2.76. The molecule has 2 aromatic rings. The van der Waals surface area contributed by atoms with E-state index in [1.807, 2.05) is 18.2 Å². The molecule has 0 N–H and O–H groups in total. The molecule has 1 heterocycles. The summed E-state index contributed by atoms with van der Waals surface area (Å²) in [6.45, 7) is 0. The van der Waals surface area contributed by atoms with Crippen LogP contribution in [-0.2, 0) is 12.8 Å². The summed E-state index contributed by atoms with van der Waals surface area (Å²) < 4.78 is 1.10. The number of aromatic nitrogens is 1. The van der Waals surface area contributed by atoms with E-state index in [-0.39, 0.29) is 5.78 Å². The number of benzene rings is 1. The number of hydrogen-bond acceptors (Lipinski definition) is 3. The van der Waals surface area contributed by atoms with Crippen LogP contribution in [0.4, 0.5) is 0 Å². The molecule has 0 amide bonds. The van der Waals surface area contributed by atoms with Crippen LogP contribution in [0.3, 0.4) is 0 Å². The minimum absolute atomic E-state index is 0.270. The number of aryl methyl sites for hydroxylation is 1. The Balaban J connectivity index is 1.90. The van der Waals surface area contributed by atoms with Crippen LogP contribution in [0.5, 0.6) is 0 Å². The molecule has 0 radical (unpaired) electrons. The number of thiazole rings is 1. The molecular formula is C14H12BrNOS. The summed E-state index contributed by atoms with van der Waals surface area (Å²) in [6.07, 6.45) is 3.38. The second kappa shape index (κ2) is 4.94. The number of fused-ring (bicyclic) bond motifs is 1. The highest BCUT2D eigenvalue weighted by Crippen LogP contribution is 2.29. The summed E-state index contributed by atoms with van der Waals surface area (Å²) >= 11 is 5.11. The van der Waals surface area contributed by atoms with Crippen molar-refractivity contribution < 1.29 is 4.79 Å². The molecule has 0 atom stereocenters. The molecule has 1 aromatic heterocycles. The molecule has 1 aromatic carbocycles. The van der Waals surface area contributed by atoms with E-state index in [2.05, 4.69) is 27.0 Å². The molecule has 0 bridgehead atoms. The number of rotatable bonds is 2. The maximum Gasteiger partial charge on any atom is 0.174 e. The number of ketones is 1. The van der Waals surface area contributed by atoms with Gasteiger partial charge in [-0.15, -0.1) is 11.3 Å². The van der Waals surface area contributed by atoms with E-state index < -0.39 is 0 Å². The normalized spacial score (nSPS) is 14.6. The van der Waals surface area contributed by atoms with Crippen molar-refractivity contribution in [3.63, 3.8) is 0 Å². The minimum Gasteiger partial charge on any atom is -0.293 e. The number of nitrogens with zero attached hydrogens (tertiary/aromatic N) is 1. The van der Waals surface area contributed by atoms with Gasteiger partial charge >= 0.3 is 0 Å². The van der Waals surface area contributed by atoms with E-state index in [0.29, 0.717) is 6.42 Å². The van der Waals surface area contributed by atoms with Crippen LogP contribution >= 0.6 is 27.3 Å². The Bertz CT molecular complexity index is 606. The zero-order valence-electron chi connectivity index (χ0n) is 9.78. The van der Waals surface area contributed by atoms with Crippen LogP contribution in [0, 0.1) is 0 Å². The second-order valence-electron chi connectivity index (χ2n) is 4.43. The quantitative estimate of drug-likeness (QED) is 0.836. The molecule has 4 heteroatoms. The molecule has 0 unspecified atom stereocenters. The Labute approximate surface area is 118 Å². The lowest BCUT2D eigenvalue weighted by Gasteiger charge is -2.06. The van der Waals surface area contributed by atoms with Gasteiger partial charge in [-0.1, -0.05) is 34.1 Å². The lowest BCUT2D eigenvalue weighted by Crippen LogP contribution is -2.07. The van der Waals surface area contributed by atoms with Gasteiger partial charge in [0.05, 0.1) is 15.6 Å². The van der Waals surface area contributed by atoms with Crippen molar-refractivity contribution in [2.45, 2.75) is 25.7 Å². The smallest absolute Gasteiger partial charge is 0.174 e. The van der Waals surface area contributed by atoms with E-state index in [1.165, 1.54) is 5.56 Å². The fraction of sp³-hybridized carbons (Fsp3) is 0.286. The number of halogens is 1. The lowest BCUT2D eigenvalue weighted by atomic mass is 10.0. The van der Waals surface area contributed by atoms with Crippen LogP contribution in [0.2, 0.25) is 0 Å². The molecular weight excluding hydrogens is 310 g/mol. The first-order chi connectivity index (χ1) is 8.74. The average molecular weight is 322 g/mol. The Hall–Kier alpha value is -1.000. The Morgan fingerprint density at radius 2 is 2.11 bits per heavy atom. The van der Waals surface area contributed by atoms with Crippen LogP contribution in [0.25, 0.3) is 0 Å². The largest absolute Gasteiger partial charge is 0.293 e. The molecule has 92 valence electrons. The molecule has 0 fully saturated rings. The van der Waals surface area contributed by atoms with Gasteiger partial charge in [0.25, 0.3) is 0 Å². The van der Waals surface area contributed by atoms with Gasteiger partial charge in [-0.05, 0) is 24.5 Å². The third kappa shape index (κ3) is 2.27. The van der Waals surface area contributed by atoms with Gasteiger partial charge in [-0.25, -0.2) is 4.98 Å². The molecule has 1 aliphatic rings. The highest BCUT2D eigenvalue weighted by molar-refractivity contribution is 9.10. The molecule has 18 heavy (non-hydrogen) atoms. The highest BCUT2D eigenvalue weighted by atomic mass is 79.9. The van der Waals surface area contributed by atoms with Crippen LogP contribution < -0.4 is 0 Å². The van der Waals surface area contributed by atoms with Crippen LogP contribution in [0.15, 0.2) is 28.7 Å². The number of carbonyl (C=O) groups is 1. The van der Waals surface area contributed by atoms with Gasteiger partial charge in [0.1, 0.15) is 0 Å². The van der Waals surface area contributed by atoms with Crippen LogP contribution in [-0.4, -0.2) is 10.8 Å². The van der Waals surface area contributed by atoms with Gasteiger partial charge in [-0.3, -0.25) is 4.79 Å². The monoisotopic (exact) mass is 321 g/mol. The highest BCUT2D eigenvalue weighted by Gasteiger charge is 2.22. The van der Waals surface area contributed by atoms with Crippen molar-refractivity contribution in [1.82, 2.24) is 4.98 Å². The summed E-state index contributed by atoms with van der Waals surface area (Å²) in [7, 11) is 0. The summed E-state index contributed by atoms with van der Waals surface area (Å²) in [6, 6.07) is 8.16. The first kappa shape index (κ1) is 12.1. The predicted octanol–water partition coefficient (Wildman–Crippen LogP) is 4.02. The van der Waals surface area contributed by atoms with Gasteiger partial charge in [0, 0.05) is 17.3 Å². The standard InChI is InChI=1S/C14H12BrNOS/c15-10-5-2-1-4-9(10)8-13-16-11-6-3-7-12(17)14(11)18-13/h1-2,4-5H,3,6-8H2. The van der Waals surface area contributed by atoms with Gasteiger partial charge < -0.3 is 0 Å². The summed E-state index contributed by atoms with van der Waals surface area (Å²) in [5.74, 6) is 0.270. The van der Waals surface area contributed by atoms with Crippen molar-refractivity contribution in [3.8, 4) is 0 Å². The fourth-order valence-corrected chi connectivity index (χ4v) is 3.72. The molecule has 1 aliphatic carbocycles. The maximum absolute atomic E-state index is 11.8. The van der Waals surface area contributed by atoms with Gasteiger partial charge in [0.2, 0.25) is 0 Å². The fourth-order valence-electron chi connectivity index (χ4n) is 2.20. The zero-order valence-corrected chi connectivity index (χ0v) is 12.2. The minimum atomic E-state index is 0.270. The molecule has 0 saturated heterocycles. The lowest BCUT2D eigenvalue weighted by molar-refractivity contribution is 0.0976. The van der Waals surface area contributed by atoms with Gasteiger partial charge in [0.15, 0.2) is 5.78 Å². The molecule has 2 nitrogen and oxygen atoms in total. The Kier molecular flexibility index (Phi) is 3.31. The molecule has 0 aliphatic heterocycles. The Morgan fingerprint density at radius 1 is 1.28 bits per heavy atom. The van der Waals surface area contributed by atoms with E-state index in [1.54, 1.807) is 11.3 Å². The molecule has 0 saturated carbocycles. The van der Waals surface area contributed by atoms with Crippen molar-refractivity contribution in [2.24, 2.45) is 0 Å².